The van der Waals surface area contributed by atoms with Crippen LogP contribution in [0.5, 0.6) is 0 Å². The summed E-state index contributed by atoms with van der Waals surface area (Å²) in [6.45, 7) is 1.83. The highest BCUT2D eigenvalue weighted by Crippen LogP contribution is 2.19. The molecule has 1 heterocycles. The number of ketones is 1. The molecule has 0 aliphatic carbocycles. The highest BCUT2D eigenvalue weighted by Gasteiger charge is 2.10. The van der Waals surface area contributed by atoms with Crippen LogP contribution in [-0.4, -0.2) is 26.9 Å². The number of aromatic amines is 1. The third-order valence-corrected chi connectivity index (χ3v) is 3.68. The molecule has 2 N–H and O–H groups in total. The zero-order chi connectivity index (χ0) is 17.6. The van der Waals surface area contributed by atoms with Crippen molar-refractivity contribution >= 4 is 17.4 Å². The Labute approximate surface area is 145 Å². The third kappa shape index (κ3) is 4.38. The van der Waals surface area contributed by atoms with Gasteiger partial charge in [0.15, 0.2) is 11.6 Å². The molecule has 2 aromatic carbocycles. The van der Waals surface area contributed by atoms with Crippen molar-refractivity contribution in [1.29, 1.82) is 0 Å². The quantitative estimate of drug-likeness (QED) is 0.676. The Hall–Kier alpha value is -3.28. The van der Waals surface area contributed by atoms with Crippen molar-refractivity contribution in [1.82, 2.24) is 15.2 Å². The Morgan fingerprint density at radius 3 is 2.56 bits per heavy atom. The minimum Gasteiger partial charge on any atom is -0.326 e. The average molecular weight is 334 g/mol. The Balaban J connectivity index is 1.59. The van der Waals surface area contributed by atoms with Crippen LogP contribution in [0.1, 0.15) is 29.0 Å². The summed E-state index contributed by atoms with van der Waals surface area (Å²) >= 11 is 0. The number of hydrogen-bond acceptors (Lipinski definition) is 4. The van der Waals surface area contributed by atoms with Crippen LogP contribution in [0.15, 0.2) is 54.6 Å². The molecule has 25 heavy (non-hydrogen) atoms. The molecular formula is C19H18N4O2. The van der Waals surface area contributed by atoms with Gasteiger partial charge in [0.1, 0.15) is 5.82 Å². The van der Waals surface area contributed by atoms with Crippen LogP contribution in [0, 0.1) is 6.92 Å². The summed E-state index contributed by atoms with van der Waals surface area (Å²) in [7, 11) is 0. The lowest BCUT2D eigenvalue weighted by atomic mass is 10.1. The van der Waals surface area contributed by atoms with Gasteiger partial charge in [-0.3, -0.25) is 14.7 Å². The number of H-pyrrole nitrogens is 1. The lowest BCUT2D eigenvalue weighted by Gasteiger charge is -2.06. The molecule has 0 aliphatic heterocycles. The molecule has 3 rings (SSSR count). The fraction of sp³-hybridized carbons (Fsp3) is 0.158. The predicted molar refractivity (Wildman–Crippen MR) is 95.2 cm³/mol. The van der Waals surface area contributed by atoms with E-state index in [0.717, 1.165) is 11.4 Å². The predicted octanol–water partition coefficient (Wildman–Crippen LogP) is 3.38. The van der Waals surface area contributed by atoms with Crippen LogP contribution in [0.3, 0.4) is 0 Å². The number of Topliss-reactive ketones (excluding diaryl/α,β-unsaturated/α-hetero) is 1. The Bertz CT molecular complexity index is 887. The van der Waals surface area contributed by atoms with E-state index in [4.69, 9.17) is 0 Å². The minimum absolute atomic E-state index is 0.0410. The van der Waals surface area contributed by atoms with Gasteiger partial charge in [-0.05, 0) is 19.1 Å². The van der Waals surface area contributed by atoms with Gasteiger partial charge in [-0.2, -0.15) is 5.10 Å². The Morgan fingerprint density at radius 2 is 1.84 bits per heavy atom. The molecule has 0 bridgehead atoms. The smallest absolute Gasteiger partial charge is 0.224 e. The molecule has 0 radical (unpaired) electrons. The summed E-state index contributed by atoms with van der Waals surface area (Å²) in [4.78, 5) is 28.4. The van der Waals surface area contributed by atoms with Gasteiger partial charge in [-0.1, -0.05) is 42.5 Å². The second-order valence-corrected chi connectivity index (χ2v) is 5.66. The van der Waals surface area contributed by atoms with E-state index in [-0.39, 0.29) is 24.5 Å². The number of benzene rings is 2. The second kappa shape index (κ2) is 7.53. The van der Waals surface area contributed by atoms with Gasteiger partial charge in [-0.25, -0.2) is 4.98 Å². The summed E-state index contributed by atoms with van der Waals surface area (Å²) in [6, 6.07) is 16.3. The van der Waals surface area contributed by atoms with Gasteiger partial charge >= 0.3 is 0 Å². The van der Waals surface area contributed by atoms with Crippen LogP contribution in [-0.2, 0) is 4.79 Å². The fourth-order valence-corrected chi connectivity index (χ4v) is 2.43. The van der Waals surface area contributed by atoms with E-state index in [1.165, 1.54) is 0 Å². The van der Waals surface area contributed by atoms with Crippen LogP contribution in [0.4, 0.5) is 5.69 Å². The monoisotopic (exact) mass is 334 g/mol. The van der Waals surface area contributed by atoms with E-state index in [0.29, 0.717) is 17.1 Å². The number of aromatic nitrogens is 3. The highest BCUT2D eigenvalue weighted by atomic mass is 16.2. The molecule has 0 aliphatic rings. The van der Waals surface area contributed by atoms with Crippen molar-refractivity contribution < 1.29 is 9.59 Å². The van der Waals surface area contributed by atoms with Gasteiger partial charge in [0.25, 0.3) is 0 Å². The van der Waals surface area contributed by atoms with E-state index >= 15 is 0 Å². The SMILES string of the molecule is Cc1nc(-c2cccc(NC(=O)CCC(=O)c3ccccc3)c2)n[nH]1. The minimum atomic E-state index is -0.201. The van der Waals surface area contributed by atoms with Crippen LogP contribution < -0.4 is 5.32 Å². The topological polar surface area (TPSA) is 87.7 Å². The zero-order valence-corrected chi connectivity index (χ0v) is 13.8. The number of nitrogens with one attached hydrogen (secondary N) is 2. The standard InChI is InChI=1S/C19H18N4O2/c1-13-20-19(23-22-13)15-8-5-9-16(12-15)21-18(25)11-10-17(24)14-6-3-2-4-7-14/h2-9,12H,10-11H2,1H3,(H,21,25)(H,20,22,23). The maximum Gasteiger partial charge on any atom is 0.224 e. The van der Waals surface area contributed by atoms with Gasteiger partial charge < -0.3 is 5.32 Å². The number of hydrogen-bond donors (Lipinski definition) is 2. The largest absolute Gasteiger partial charge is 0.326 e. The first-order valence-electron chi connectivity index (χ1n) is 7.99. The van der Waals surface area contributed by atoms with Crippen molar-refractivity contribution in [3.05, 3.63) is 66.0 Å². The average Bonchev–Trinajstić information content (AvgIpc) is 3.07. The van der Waals surface area contributed by atoms with E-state index < -0.39 is 0 Å². The number of amides is 1. The summed E-state index contributed by atoms with van der Waals surface area (Å²) in [6.07, 6.45) is 0.313. The Kier molecular flexibility index (Phi) is 4.99. The number of carbonyl (C=O) groups is 2. The molecule has 1 amide bonds. The second-order valence-electron chi connectivity index (χ2n) is 5.66. The highest BCUT2D eigenvalue weighted by molar-refractivity contribution is 6.00. The molecule has 3 aromatic rings. The molecule has 0 unspecified atom stereocenters. The molecule has 0 saturated heterocycles. The van der Waals surface area contributed by atoms with Gasteiger partial charge in [0, 0.05) is 29.7 Å². The summed E-state index contributed by atoms with van der Waals surface area (Å²) in [5.74, 6) is 1.06. The van der Waals surface area contributed by atoms with Gasteiger partial charge in [-0.15, -0.1) is 0 Å². The summed E-state index contributed by atoms with van der Waals surface area (Å²) in [5.41, 5.74) is 2.08. The molecular weight excluding hydrogens is 316 g/mol. The van der Waals surface area contributed by atoms with Crippen LogP contribution >= 0.6 is 0 Å². The lowest BCUT2D eigenvalue weighted by Crippen LogP contribution is -2.13. The van der Waals surface area contributed by atoms with Crippen molar-refractivity contribution in [2.24, 2.45) is 0 Å². The number of rotatable bonds is 6. The number of aryl methyl sites for hydroxylation is 1. The van der Waals surface area contributed by atoms with Crippen LogP contribution in [0.2, 0.25) is 0 Å². The van der Waals surface area contributed by atoms with E-state index in [2.05, 4.69) is 20.5 Å². The van der Waals surface area contributed by atoms with Gasteiger partial charge in [0.05, 0.1) is 0 Å². The maximum atomic E-state index is 12.1. The molecule has 0 spiro atoms. The number of nitrogens with zero attached hydrogens (tertiary/aromatic N) is 2. The summed E-state index contributed by atoms with van der Waals surface area (Å²) < 4.78 is 0. The number of carbonyl (C=O) groups excluding carboxylic acids is 2. The molecule has 126 valence electrons. The Morgan fingerprint density at radius 1 is 1.04 bits per heavy atom. The zero-order valence-electron chi connectivity index (χ0n) is 13.8. The number of anilines is 1. The van der Waals surface area contributed by atoms with E-state index in [9.17, 15) is 9.59 Å². The van der Waals surface area contributed by atoms with Gasteiger partial charge in [0.2, 0.25) is 5.91 Å². The first-order valence-corrected chi connectivity index (χ1v) is 7.99. The first kappa shape index (κ1) is 16.6. The van der Waals surface area contributed by atoms with E-state index in [1.807, 2.05) is 37.3 Å². The lowest BCUT2D eigenvalue weighted by molar-refractivity contribution is -0.116. The van der Waals surface area contributed by atoms with Crippen LogP contribution in [0.25, 0.3) is 11.4 Å². The summed E-state index contributed by atoms with van der Waals surface area (Å²) in [5, 5.41) is 9.70. The molecule has 0 fully saturated rings. The van der Waals surface area contributed by atoms with Crippen molar-refractivity contribution in [3.8, 4) is 11.4 Å². The normalized spacial score (nSPS) is 10.4. The van der Waals surface area contributed by atoms with Crippen molar-refractivity contribution in [2.75, 3.05) is 5.32 Å². The third-order valence-electron chi connectivity index (χ3n) is 3.68. The fourth-order valence-electron chi connectivity index (χ4n) is 2.43. The molecule has 1 aromatic heterocycles. The first-order chi connectivity index (χ1) is 12.1. The van der Waals surface area contributed by atoms with Crippen molar-refractivity contribution in [3.63, 3.8) is 0 Å². The molecule has 6 heteroatoms. The van der Waals surface area contributed by atoms with Crippen molar-refractivity contribution in [2.45, 2.75) is 19.8 Å². The van der Waals surface area contributed by atoms with E-state index in [1.54, 1.807) is 24.3 Å². The molecule has 0 saturated carbocycles. The molecule has 0 atom stereocenters. The molecule has 6 nitrogen and oxygen atoms in total. The maximum absolute atomic E-state index is 12.1.